The van der Waals surface area contributed by atoms with E-state index in [9.17, 15) is 0 Å². The molecular formula is C19H31N3O3. The van der Waals surface area contributed by atoms with E-state index >= 15 is 0 Å². The molecule has 6 nitrogen and oxygen atoms in total. The minimum atomic E-state index is -0.172. The van der Waals surface area contributed by atoms with Crippen LogP contribution in [0.3, 0.4) is 0 Å². The highest BCUT2D eigenvalue weighted by molar-refractivity contribution is 5.79. The fraction of sp³-hybridized carbons (Fsp3) is 0.632. The van der Waals surface area contributed by atoms with Gasteiger partial charge in [-0.05, 0) is 24.6 Å². The van der Waals surface area contributed by atoms with Crippen LogP contribution in [0.4, 0.5) is 0 Å². The summed E-state index contributed by atoms with van der Waals surface area (Å²) in [6, 6.07) is 8.18. The summed E-state index contributed by atoms with van der Waals surface area (Å²) in [6.45, 7) is 5.67. The predicted octanol–water partition coefficient (Wildman–Crippen LogP) is 2.29. The lowest BCUT2D eigenvalue weighted by Gasteiger charge is -2.37. The molecular weight excluding hydrogens is 318 g/mol. The Balaban J connectivity index is 1.90. The molecule has 0 aromatic heterocycles. The van der Waals surface area contributed by atoms with Crippen molar-refractivity contribution in [1.82, 2.24) is 10.2 Å². The van der Waals surface area contributed by atoms with Gasteiger partial charge in [-0.1, -0.05) is 12.1 Å². The normalized spacial score (nSPS) is 17.2. The average Bonchev–Trinajstić information content (AvgIpc) is 2.65. The van der Waals surface area contributed by atoms with Crippen molar-refractivity contribution >= 4 is 5.96 Å². The van der Waals surface area contributed by atoms with Gasteiger partial charge in [-0.3, -0.25) is 4.99 Å². The summed E-state index contributed by atoms with van der Waals surface area (Å²) >= 11 is 0. The minimum Gasteiger partial charge on any atom is -0.494 e. The lowest BCUT2D eigenvalue weighted by atomic mass is 9.94. The van der Waals surface area contributed by atoms with E-state index < -0.39 is 0 Å². The molecule has 0 amide bonds. The van der Waals surface area contributed by atoms with E-state index in [0.717, 1.165) is 50.9 Å². The Morgan fingerprint density at radius 2 is 1.96 bits per heavy atom. The Labute approximate surface area is 151 Å². The number of hydrogen-bond acceptors (Lipinski definition) is 4. The summed E-state index contributed by atoms with van der Waals surface area (Å²) in [6.07, 6.45) is 1.80. The molecule has 0 saturated carbocycles. The van der Waals surface area contributed by atoms with E-state index in [0.29, 0.717) is 6.61 Å². The van der Waals surface area contributed by atoms with Gasteiger partial charge in [-0.25, -0.2) is 0 Å². The Bertz CT molecular complexity index is 539. The zero-order valence-corrected chi connectivity index (χ0v) is 15.9. The fourth-order valence-corrected chi connectivity index (χ4v) is 3.03. The molecule has 2 rings (SSSR count). The molecule has 1 saturated heterocycles. The first-order valence-electron chi connectivity index (χ1n) is 8.89. The highest BCUT2D eigenvalue weighted by Crippen LogP contribution is 2.23. The molecule has 140 valence electrons. The molecule has 1 heterocycles. The number of nitrogens with zero attached hydrogens (tertiary/aromatic N) is 2. The summed E-state index contributed by atoms with van der Waals surface area (Å²) in [4.78, 5) is 6.51. The molecule has 0 unspecified atom stereocenters. The summed E-state index contributed by atoms with van der Waals surface area (Å²) in [5.74, 6) is 1.76. The molecule has 0 spiro atoms. The molecule has 1 aromatic carbocycles. The van der Waals surface area contributed by atoms with Gasteiger partial charge < -0.3 is 24.4 Å². The van der Waals surface area contributed by atoms with Crippen molar-refractivity contribution in [1.29, 1.82) is 0 Å². The van der Waals surface area contributed by atoms with Crippen LogP contribution in [0.2, 0.25) is 0 Å². The smallest absolute Gasteiger partial charge is 0.193 e. The first kappa shape index (κ1) is 19.5. The second-order valence-electron chi connectivity index (χ2n) is 6.33. The standard InChI is InChI=1S/C19H31N3O3/c1-5-25-17-8-6-16(7-9-17)14-22(3)18(20-2)21-15-19(23-4)10-12-24-13-11-19/h6-9H,5,10-15H2,1-4H3,(H,20,21). The Kier molecular flexibility index (Phi) is 7.52. The van der Waals surface area contributed by atoms with Crippen LogP contribution >= 0.6 is 0 Å². The van der Waals surface area contributed by atoms with E-state index in [2.05, 4.69) is 27.3 Å². The second-order valence-corrected chi connectivity index (χ2v) is 6.33. The third kappa shape index (κ3) is 5.61. The van der Waals surface area contributed by atoms with Crippen LogP contribution < -0.4 is 10.1 Å². The number of nitrogens with one attached hydrogen (secondary N) is 1. The molecule has 25 heavy (non-hydrogen) atoms. The molecule has 6 heteroatoms. The van der Waals surface area contributed by atoms with Crippen LogP contribution in [0.25, 0.3) is 0 Å². The molecule has 0 aliphatic carbocycles. The van der Waals surface area contributed by atoms with Gasteiger partial charge in [0, 0.05) is 60.4 Å². The molecule has 1 N–H and O–H groups in total. The van der Waals surface area contributed by atoms with Crippen LogP contribution in [0.15, 0.2) is 29.3 Å². The molecule has 0 bridgehead atoms. The van der Waals surface area contributed by atoms with Gasteiger partial charge in [0.15, 0.2) is 5.96 Å². The third-order valence-electron chi connectivity index (χ3n) is 4.63. The summed E-state index contributed by atoms with van der Waals surface area (Å²) in [5, 5.41) is 3.45. The van der Waals surface area contributed by atoms with Crippen molar-refractivity contribution in [2.24, 2.45) is 4.99 Å². The summed E-state index contributed by atoms with van der Waals surface area (Å²) in [7, 11) is 5.62. The topological polar surface area (TPSA) is 55.3 Å². The number of aliphatic imine (C=N–C) groups is 1. The zero-order valence-electron chi connectivity index (χ0n) is 15.9. The van der Waals surface area contributed by atoms with Gasteiger partial charge in [-0.2, -0.15) is 0 Å². The number of hydrogen-bond donors (Lipinski definition) is 1. The number of benzene rings is 1. The first-order valence-corrected chi connectivity index (χ1v) is 8.89. The largest absolute Gasteiger partial charge is 0.494 e. The number of methoxy groups -OCH3 is 1. The fourth-order valence-electron chi connectivity index (χ4n) is 3.03. The quantitative estimate of drug-likeness (QED) is 0.605. The Morgan fingerprint density at radius 3 is 2.52 bits per heavy atom. The van der Waals surface area contributed by atoms with E-state index in [4.69, 9.17) is 14.2 Å². The highest BCUT2D eigenvalue weighted by Gasteiger charge is 2.32. The molecule has 1 aromatic rings. The van der Waals surface area contributed by atoms with Crippen molar-refractivity contribution in [3.63, 3.8) is 0 Å². The van der Waals surface area contributed by atoms with E-state index in [1.54, 1.807) is 14.2 Å². The Hall–Kier alpha value is -1.79. The second kappa shape index (κ2) is 9.63. The van der Waals surface area contributed by atoms with Crippen molar-refractivity contribution in [3.05, 3.63) is 29.8 Å². The lowest BCUT2D eigenvalue weighted by Crippen LogP contribution is -2.50. The molecule has 1 fully saturated rings. The number of guanidine groups is 1. The summed E-state index contributed by atoms with van der Waals surface area (Å²) in [5.41, 5.74) is 1.04. The van der Waals surface area contributed by atoms with Crippen LogP contribution in [-0.2, 0) is 16.0 Å². The van der Waals surface area contributed by atoms with Gasteiger partial charge in [0.1, 0.15) is 5.75 Å². The predicted molar refractivity (Wildman–Crippen MR) is 100 cm³/mol. The lowest BCUT2D eigenvalue weighted by molar-refractivity contribution is -0.0857. The van der Waals surface area contributed by atoms with Crippen molar-refractivity contribution in [2.75, 3.05) is 47.6 Å². The number of ether oxygens (including phenoxy) is 3. The van der Waals surface area contributed by atoms with Crippen LogP contribution in [0.5, 0.6) is 5.75 Å². The van der Waals surface area contributed by atoms with Gasteiger partial charge in [0.25, 0.3) is 0 Å². The Morgan fingerprint density at radius 1 is 1.28 bits per heavy atom. The first-order chi connectivity index (χ1) is 12.1. The van der Waals surface area contributed by atoms with E-state index in [1.165, 1.54) is 5.56 Å². The summed E-state index contributed by atoms with van der Waals surface area (Å²) < 4.78 is 16.7. The van der Waals surface area contributed by atoms with Gasteiger partial charge in [0.05, 0.1) is 12.2 Å². The van der Waals surface area contributed by atoms with Crippen molar-refractivity contribution in [2.45, 2.75) is 31.9 Å². The van der Waals surface area contributed by atoms with Crippen LogP contribution in [0.1, 0.15) is 25.3 Å². The molecule has 1 aliphatic heterocycles. The maximum atomic E-state index is 5.78. The van der Waals surface area contributed by atoms with Gasteiger partial charge >= 0.3 is 0 Å². The highest BCUT2D eigenvalue weighted by atomic mass is 16.5. The van der Waals surface area contributed by atoms with Crippen LogP contribution in [-0.4, -0.2) is 64.0 Å². The van der Waals surface area contributed by atoms with Gasteiger partial charge in [0.2, 0.25) is 0 Å². The average molecular weight is 349 g/mol. The molecule has 1 aliphatic rings. The maximum absolute atomic E-state index is 5.78. The van der Waals surface area contributed by atoms with Gasteiger partial charge in [-0.15, -0.1) is 0 Å². The third-order valence-corrected chi connectivity index (χ3v) is 4.63. The SMILES string of the molecule is CCOc1ccc(CN(C)C(=NC)NCC2(OC)CCOCC2)cc1. The minimum absolute atomic E-state index is 0.172. The monoisotopic (exact) mass is 349 g/mol. The zero-order chi connectivity index (χ0) is 18.1. The molecule has 0 atom stereocenters. The maximum Gasteiger partial charge on any atom is 0.193 e. The molecule has 0 radical (unpaired) electrons. The van der Waals surface area contributed by atoms with Crippen molar-refractivity contribution < 1.29 is 14.2 Å². The van der Waals surface area contributed by atoms with E-state index in [1.807, 2.05) is 26.1 Å². The number of rotatable bonds is 7. The van der Waals surface area contributed by atoms with E-state index in [-0.39, 0.29) is 5.60 Å². The van der Waals surface area contributed by atoms with Crippen LogP contribution in [0, 0.1) is 0 Å². The van der Waals surface area contributed by atoms with Crippen molar-refractivity contribution in [3.8, 4) is 5.75 Å².